The maximum Gasteiger partial charge on any atom is 0.417 e. The minimum absolute atomic E-state index is 0.296. The molecule has 0 aliphatic rings. The number of halogens is 4. The molecule has 0 aliphatic carbocycles. The van der Waals surface area contributed by atoms with Crippen LogP contribution in [0.5, 0.6) is 0 Å². The van der Waals surface area contributed by atoms with Gasteiger partial charge in [0.05, 0.1) is 10.6 Å². The van der Waals surface area contributed by atoms with Gasteiger partial charge in [-0.05, 0) is 28.8 Å². The second kappa shape index (κ2) is 5.23. The molecule has 2 N–H and O–H groups in total. The van der Waals surface area contributed by atoms with Crippen LogP contribution in [0.4, 0.5) is 13.2 Å². The van der Waals surface area contributed by atoms with E-state index in [-0.39, 0.29) is 5.02 Å². The second-order valence-corrected chi connectivity index (χ2v) is 4.50. The molecule has 0 radical (unpaired) electrons. The van der Waals surface area contributed by atoms with Gasteiger partial charge in [0.15, 0.2) is 0 Å². The van der Waals surface area contributed by atoms with Gasteiger partial charge < -0.3 is 5.73 Å². The first-order chi connectivity index (χ1) is 8.91. The van der Waals surface area contributed by atoms with Crippen LogP contribution in [0.3, 0.4) is 0 Å². The lowest BCUT2D eigenvalue weighted by molar-refractivity contribution is -0.137. The smallest absolute Gasteiger partial charge is 0.326 e. The summed E-state index contributed by atoms with van der Waals surface area (Å²) in [6.07, 6.45) is -4.45. The fourth-order valence-electron chi connectivity index (χ4n) is 1.76. The largest absolute Gasteiger partial charge is 0.417 e. The van der Waals surface area contributed by atoms with Crippen LogP contribution < -0.4 is 5.73 Å². The minimum Gasteiger partial charge on any atom is -0.326 e. The fraction of sp³-hybridized carbons (Fsp3) is 0.143. The molecular weight excluding hydrogens is 275 g/mol. The van der Waals surface area contributed by atoms with Gasteiger partial charge in [0, 0.05) is 6.54 Å². The maximum atomic E-state index is 12.8. The van der Waals surface area contributed by atoms with Gasteiger partial charge in [-0.15, -0.1) is 0 Å². The summed E-state index contributed by atoms with van der Waals surface area (Å²) in [7, 11) is 0. The van der Waals surface area contributed by atoms with Crippen LogP contribution in [0.15, 0.2) is 42.5 Å². The molecule has 0 amide bonds. The highest BCUT2D eigenvalue weighted by Gasteiger charge is 2.33. The summed E-state index contributed by atoms with van der Waals surface area (Å²) in [6.45, 7) is 0.398. The molecule has 0 saturated carbocycles. The van der Waals surface area contributed by atoms with E-state index in [1.54, 1.807) is 30.3 Å². The average Bonchev–Trinajstić information content (AvgIpc) is 2.38. The molecule has 1 nitrogen and oxygen atoms in total. The Labute approximate surface area is 113 Å². The first-order valence-corrected chi connectivity index (χ1v) is 5.96. The molecule has 19 heavy (non-hydrogen) atoms. The van der Waals surface area contributed by atoms with E-state index in [1.807, 2.05) is 0 Å². The van der Waals surface area contributed by atoms with Crippen molar-refractivity contribution in [1.82, 2.24) is 0 Å². The maximum absolute atomic E-state index is 12.8. The van der Waals surface area contributed by atoms with E-state index in [2.05, 4.69) is 0 Å². The molecular formula is C14H11ClF3N. The molecule has 0 fully saturated rings. The SMILES string of the molecule is NCc1ccc(-c2ccc(Cl)c(C(F)(F)F)c2)cc1. The number of alkyl halides is 3. The first-order valence-electron chi connectivity index (χ1n) is 5.58. The Bertz CT molecular complexity index is 576. The summed E-state index contributed by atoms with van der Waals surface area (Å²) in [6, 6.07) is 10.9. The lowest BCUT2D eigenvalue weighted by Crippen LogP contribution is -2.05. The lowest BCUT2D eigenvalue weighted by Gasteiger charge is -2.11. The molecule has 0 aliphatic heterocycles. The van der Waals surface area contributed by atoms with Gasteiger partial charge in [0.1, 0.15) is 0 Å². The average molecular weight is 286 g/mol. The third kappa shape index (κ3) is 3.08. The summed E-state index contributed by atoms with van der Waals surface area (Å²) in [5, 5.41) is -0.296. The van der Waals surface area contributed by atoms with Gasteiger partial charge in [-0.25, -0.2) is 0 Å². The quantitative estimate of drug-likeness (QED) is 0.865. The van der Waals surface area contributed by atoms with Crippen LogP contribution in [0.2, 0.25) is 5.02 Å². The molecule has 0 spiro atoms. The molecule has 5 heteroatoms. The van der Waals surface area contributed by atoms with Crippen molar-refractivity contribution >= 4 is 11.6 Å². The normalized spacial score (nSPS) is 11.6. The molecule has 0 unspecified atom stereocenters. The third-order valence-corrected chi connectivity index (χ3v) is 3.12. The molecule has 0 saturated heterocycles. The van der Waals surface area contributed by atoms with Crippen molar-refractivity contribution in [2.75, 3.05) is 0 Å². The molecule has 2 aromatic carbocycles. The highest BCUT2D eigenvalue weighted by Crippen LogP contribution is 2.37. The Morgan fingerprint density at radius 3 is 2.05 bits per heavy atom. The molecule has 0 bridgehead atoms. The van der Waals surface area contributed by atoms with E-state index < -0.39 is 11.7 Å². The van der Waals surface area contributed by atoms with Gasteiger partial charge >= 0.3 is 6.18 Å². The van der Waals surface area contributed by atoms with Crippen molar-refractivity contribution in [3.63, 3.8) is 0 Å². The van der Waals surface area contributed by atoms with Crippen LogP contribution in [-0.4, -0.2) is 0 Å². The Morgan fingerprint density at radius 2 is 1.53 bits per heavy atom. The summed E-state index contributed by atoms with van der Waals surface area (Å²) in [4.78, 5) is 0. The predicted molar refractivity (Wildman–Crippen MR) is 69.8 cm³/mol. The van der Waals surface area contributed by atoms with Crippen LogP contribution in [0.1, 0.15) is 11.1 Å². The van der Waals surface area contributed by atoms with Crippen molar-refractivity contribution in [2.24, 2.45) is 5.73 Å². The van der Waals surface area contributed by atoms with E-state index in [0.717, 1.165) is 11.6 Å². The van der Waals surface area contributed by atoms with Crippen molar-refractivity contribution in [1.29, 1.82) is 0 Å². The lowest BCUT2D eigenvalue weighted by atomic mass is 10.0. The third-order valence-electron chi connectivity index (χ3n) is 2.79. The van der Waals surface area contributed by atoms with Crippen molar-refractivity contribution < 1.29 is 13.2 Å². The van der Waals surface area contributed by atoms with E-state index in [4.69, 9.17) is 17.3 Å². The van der Waals surface area contributed by atoms with E-state index >= 15 is 0 Å². The number of benzene rings is 2. The van der Waals surface area contributed by atoms with Crippen LogP contribution in [0.25, 0.3) is 11.1 Å². The van der Waals surface area contributed by atoms with Gasteiger partial charge in [0.25, 0.3) is 0 Å². The standard InChI is InChI=1S/C14H11ClF3N/c15-13-6-5-11(7-12(13)14(16,17)18)10-3-1-9(8-19)2-4-10/h1-7H,8,19H2. The molecule has 2 rings (SSSR count). The Morgan fingerprint density at radius 1 is 0.947 bits per heavy atom. The van der Waals surface area contributed by atoms with E-state index in [0.29, 0.717) is 17.7 Å². The molecule has 0 aromatic heterocycles. The van der Waals surface area contributed by atoms with Crippen molar-refractivity contribution in [3.8, 4) is 11.1 Å². The Hall–Kier alpha value is -1.52. The number of nitrogens with two attached hydrogens (primary N) is 1. The monoisotopic (exact) mass is 285 g/mol. The predicted octanol–water partition coefficient (Wildman–Crippen LogP) is 4.48. The molecule has 0 atom stereocenters. The number of hydrogen-bond donors (Lipinski definition) is 1. The van der Waals surface area contributed by atoms with Crippen LogP contribution in [0, 0.1) is 0 Å². The van der Waals surface area contributed by atoms with Crippen molar-refractivity contribution in [2.45, 2.75) is 12.7 Å². The van der Waals surface area contributed by atoms with E-state index in [9.17, 15) is 13.2 Å². The van der Waals surface area contributed by atoms with Gasteiger partial charge in [-0.3, -0.25) is 0 Å². The Balaban J connectivity index is 2.45. The fourth-order valence-corrected chi connectivity index (χ4v) is 1.98. The minimum atomic E-state index is -4.45. The number of hydrogen-bond acceptors (Lipinski definition) is 1. The van der Waals surface area contributed by atoms with Crippen molar-refractivity contribution in [3.05, 3.63) is 58.6 Å². The van der Waals surface area contributed by atoms with Gasteiger partial charge in [0.2, 0.25) is 0 Å². The zero-order valence-electron chi connectivity index (χ0n) is 9.84. The zero-order chi connectivity index (χ0) is 14.0. The summed E-state index contributed by atoms with van der Waals surface area (Å²) >= 11 is 5.58. The highest BCUT2D eigenvalue weighted by atomic mass is 35.5. The second-order valence-electron chi connectivity index (χ2n) is 4.09. The topological polar surface area (TPSA) is 26.0 Å². The molecule has 2 aromatic rings. The Kier molecular flexibility index (Phi) is 3.83. The van der Waals surface area contributed by atoms with E-state index in [1.165, 1.54) is 6.07 Å². The number of rotatable bonds is 2. The highest BCUT2D eigenvalue weighted by molar-refractivity contribution is 6.31. The first kappa shape index (κ1) is 13.9. The van der Waals surface area contributed by atoms with Gasteiger partial charge in [-0.1, -0.05) is 41.9 Å². The van der Waals surface area contributed by atoms with Crippen LogP contribution >= 0.6 is 11.6 Å². The summed E-state index contributed by atoms with van der Waals surface area (Å²) in [5.41, 5.74) is 6.74. The zero-order valence-corrected chi connectivity index (χ0v) is 10.6. The molecule has 100 valence electrons. The van der Waals surface area contributed by atoms with Gasteiger partial charge in [-0.2, -0.15) is 13.2 Å². The van der Waals surface area contributed by atoms with Crippen LogP contribution in [-0.2, 0) is 12.7 Å². The summed E-state index contributed by atoms with van der Waals surface area (Å²) < 4.78 is 38.3. The summed E-state index contributed by atoms with van der Waals surface area (Å²) in [5.74, 6) is 0. The molecule has 0 heterocycles.